The van der Waals surface area contributed by atoms with Gasteiger partial charge in [-0.3, -0.25) is 9.59 Å². The van der Waals surface area contributed by atoms with E-state index in [-0.39, 0.29) is 18.1 Å². The van der Waals surface area contributed by atoms with Crippen LogP contribution in [0.25, 0.3) is 0 Å². The van der Waals surface area contributed by atoms with Gasteiger partial charge in [-0.1, -0.05) is 91.0 Å². The number of ketones is 1. The Morgan fingerprint density at radius 3 is 2.16 bits per heavy atom. The first kappa shape index (κ1) is 31.2. The van der Waals surface area contributed by atoms with Gasteiger partial charge in [-0.15, -0.1) is 11.3 Å². The van der Waals surface area contributed by atoms with Crippen molar-refractivity contribution in [3.8, 4) is 5.75 Å². The molecule has 1 amide bonds. The fraction of sp³-hybridized carbons (Fsp3) is 0.162. The number of carbonyl (C=O) groups is 3. The van der Waals surface area contributed by atoms with Gasteiger partial charge in [0.25, 0.3) is 0 Å². The summed E-state index contributed by atoms with van der Waals surface area (Å²) >= 11 is 1.57. The van der Waals surface area contributed by atoms with Crippen LogP contribution in [0.3, 0.4) is 0 Å². The Morgan fingerprint density at radius 2 is 1.47 bits per heavy atom. The number of carboxylic acids is 1. The Kier molecular flexibility index (Phi) is 10.8. The number of amides is 1. The molecule has 0 aliphatic heterocycles. The fourth-order valence-electron chi connectivity index (χ4n) is 4.94. The van der Waals surface area contributed by atoms with Crippen LogP contribution in [0, 0.1) is 0 Å². The Hall–Kier alpha value is -5.21. The summed E-state index contributed by atoms with van der Waals surface area (Å²) in [5.74, 6) is -0.537. The van der Waals surface area contributed by atoms with Crippen molar-refractivity contribution < 1.29 is 24.2 Å². The summed E-state index contributed by atoms with van der Waals surface area (Å²) in [4.78, 5) is 41.3. The lowest BCUT2D eigenvalue weighted by Gasteiger charge is -2.23. The van der Waals surface area contributed by atoms with E-state index in [4.69, 9.17) is 4.74 Å². The Labute approximate surface area is 266 Å². The second-order valence-electron chi connectivity index (χ2n) is 10.5. The summed E-state index contributed by atoms with van der Waals surface area (Å²) in [6, 6.07) is 36.0. The van der Waals surface area contributed by atoms with Crippen molar-refractivity contribution in [1.82, 2.24) is 4.90 Å². The molecule has 5 aromatic rings. The van der Waals surface area contributed by atoms with Gasteiger partial charge in [-0.25, -0.2) is 4.79 Å². The number of carbonyl (C=O) groups excluding carboxylic acids is 2. The molecule has 0 spiro atoms. The van der Waals surface area contributed by atoms with E-state index < -0.39 is 12.0 Å². The van der Waals surface area contributed by atoms with E-state index in [2.05, 4.69) is 5.32 Å². The second-order valence-corrected chi connectivity index (χ2v) is 11.6. The van der Waals surface area contributed by atoms with Crippen molar-refractivity contribution in [2.24, 2.45) is 0 Å². The normalized spacial score (nSPS) is 11.4. The van der Waals surface area contributed by atoms with Gasteiger partial charge in [0.1, 0.15) is 18.4 Å². The first-order chi connectivity index (χ1) is 22.0. The van der Waals surface area contributed by atoms with Crippen LogP contribution in [0.1, 0.15) is 31.9 Å². The Bertz CT molecular complexity index is 1690. The third kappa shape index (κ3) is 8.90. The number of nitrogens with zero attached hydrogens (tertiary/aromatic N) is 1. The molecule has 0 radical (unpaired) electrons. The van der Waals surface area contributed by atoms with E-state index in [1.54, 1.807) is 72.0 Å². The zero-order valence-electron chi connectivity index (χ0n) is 24.7. The maximum atomic E-state index is 13.1. The number of thiophene rings is 1. The maximum absolute atomic E-state index is 13.1. The molecule has 1 aromatic heterocycles. The molecule has 0 bridgehead atoms. The summed E-state index contributed by atoms with van der Waals surface area (Å²) in [7, 11) is 0. The van der Waals surface area contributed by atoms with Crippen molar-refractivity contribution in [2.75, 3.05) is 18.5 Å². The van der Waals surface area contributed by atoms with Gasteiger partial charge in [0.05, 0.1) is 13.0 Å². The molecular weight excluding hydrogens is 584 g/mol. The lowest BCUT2D eigenvalue weighted by Crippen LogP contribution is -2.35. The van der Waals surface area contributed by atoms with Gasteiger partial charge in [0, 0.05) is 34.7 Å². The lowest BCUT2D eigenvalue weighted by molar-refractivity contribution is -0.138. The molecule has 0 unspecified atom stereocenters. The second kappa shape index (κ2) is 15.5. The predicted octanol–water partition coefficient (Wildman–Crippen LogP) is 6.74. The molecule has 7 nitrogen and oxygen atoms in total. The number of hydrogen-bond acceptors (Lipinski definition) is 6. The standard InChI is InChI=1S/C37H34N2O5S/c40-35(25-31-14-9-23-45-31)39(26-28-10-3-1-4-11-28)21-22-44-30-19-17-27(18-20-30)24-34(37(42)43)38-33-16-8-7-15-32(33)36(41)29-12-5-2-6-13-29/h1-20,23,34,38H,21-22,24-26H2,(H,42,43)/t34-/m0/s1. The summed E-state index contributed by atoms with van der Waals surface area (Å²) in [5, 5.41) is 15.0. The van der Waals surface area contributed by atoms with E-state index in [9.17, 15) is 19.5 Å². The minimum Gasteiger partial charge on any atom is -0.492 e. The van der Waals surface area contributed by atoms with E-state index >= 15 is 0 Å². The van der Waals surface area contributed by atoms with Gasteiger partial charge in [-0.2, -0.15) is 0 Å². The third-order valence-electron chi connectivity index (χ3n) is 7.30. The van der Waals surface area contributed by atoms with E-state index in [1.807, 2.05) is 70.9 Å². The van der Waals surface area contributed by atoms with Crippen LogP contribution < -0.4 is 10.1 Å². The van der Waals surface area contributed by atoms with Gasteiger partial charge < -0.3 is 20.1 Å². The lowest BCUT2D eigenvalue weighted by atomic mass is 10.00. The van der Waals surface area contributed by atoms with Crippen molar-refractivity contribution in [2.45, 2.75) is 25.4 Å². The maximum Gasteiger partial charge on any atom is 0.326 e. The molecule has 4 aromatic carbocycles. The third-order valence-corrected chi connectivity index (χ3v) is 8.18. The van der Waals surface area contributed by atoms with Crippen LogP contribution in [0.4, 0.5) is 5.69 Å². The van der Waals surface area contributed by atoms with Crippen molar-refractivity contribution in [1.29, 1.82) is 0 Å². The van der Waals surface area contributed by atoms with E-state index in [0.29, 0.717) is 48.7 Å². The monoisotopic (exact) mass is 618 g/mol. The first-order valence-electron chi connectivity index (χ1n) is 14.7. The van der Waals surface area contributed by atoms with Crippen LogP contribution in [0.5, 0.6) is 5.75 Å². The molecule has 45 heavy (non-hydrogen) atoms. The highest BCUT2D eigenvalue weighted by Gasteiger charge is 2.21. The van der Waals surface area contributed by atoms with Crippen molar-refractivity contribution in [3.05, 3.63) is 154 Å². The van der Waals surface area contributed by atoms with Gasteiger partial charge in [0.15, 0.2) is 5.78 Å². The highest BCUT2D eigenvalue weighted by atomic mass is 32.1. The average Bonchev–Trinajstić information content (AvgIpc) is 3.58. The molecule has 0 aliphatic carbocycles. The molecule has 228 valence electrons. The fourth-order valence-corrected chi connectivity index (χ4v) is 5.64. The van der Waals surface area contributed by atoms with Gasteiger partial charge in [-0.05, 0) is 46.8 Å². The first-order valence-corrected chi connectivity index (χ1v) is 15.6. The Morgan fingerprint density at radius 1 is 0.778 bits per heavy atom. The summed E-state index contributed by atoms with van der Waals surface area (Å²) in [5.41, 5.74) is 3.26. The molecule has 0 fully saturated rings. The van der Waals surface area contributed by atoms with Crippen molar-refractivity contribution >= 4 is 34.7 Å². The highest BCUT2D eigenvalue weighted by molar-refractivity contribution is 7.10. The van der Waals surface area contributed by atoms with Crippen LogP contribution in [0.2, 0.25) is 0 Å². The minimum atomic E-state index is -1.02. The van der Waals surface area contributed by atoms with Crippen molar-refractivity contribution in [3.63, 3.8) is 0 Å². The molecule has 1 heterocycles. The van der Waals surface area contributed by atoms with Crippen LogP contribution in [-0.4, -0.2) is 46.9 Å². The minimum absolute atomic E-state index is 0.0412. The molecule has 0 aliphatic rings. The smallest absolute Gasteiger partial charge is 0.326 e. The molecular formula is C37H34N2O5S. The number of nitrogens with one attached hydrogen (secondary N) is 1. The van der Waals surface area contributed by atoms with E-state index in [0.717, 1.165) is 16.0 Å². The molecule has 0 saturated carbocycles. The topological polar surface area (TPSA) is 95.9 Å². The van der Waals surface area contributed by atoms with Gasteiger partial charge in [0.2, 0.25) is 5.91 Å². The Balaban J connectivity index is 1.19. The number of carboxylic acid groups (broad SMARTS) is 1. The molecule has 0 saturated heterocycles. The van der Waals surface area contributed by atoms with Crippen LogP contribution in [-0.2, 0) is 29.0 Å². The number of rotatable bonds is 15. The zero-order chi connectivity index (χ0) is 31.4. The SMILES string of the molecule is O=C(c1ccccc1)c1ccccc1N[C@@H](Cc1ccc(OCCN(Cc2ccccc2)C(=O)Cc2cccs2)cc1)C(=O)O. The summed E-state index contributed by atoms with van der Waals surface area (Å²) in [6.45, 7) is 1.23. The quantitative estimate of drug-likeness (QED) is 0.126. The average molecular weight is 619 g/mol. The highest BCUT2D eigenvalue weighted by Crippen LogP contribution is 2.22. The molecule has 1 atom stereocenters. The summed E-state index contributed by atoms with van der Waals surface area (Å²) in [6.07, 6.45) is 0.550. The molecule has 8 heteroatoms. The number of hydrogen-bond donors (Lipinski definition) is 2. The number of aliphatic carboxylic acids is 1. The number of ether oxygens (including phenoxy) is 1. The predicted molar refractivity (Wildman–Crippen MR) is 177 cm³/mol. The number of anilines is 1. The van der Waals surface area contributed by atoms with E-state index in [1.165, 1.54) is 0 Å². The summed E-state index contributed by atoms with van der Waals surface area (Å²) < 4.78 is 5.99. The molecule has 5 rings (SSSR count). The number of para-hydroxylation sites is 1. The van der Waals surface area contributed by atoms with Gasteiger partial charge >= 0.3 is 5.97 Å². The van der Waals surface area contributed by atoms with Crippen LogP contribution in [0.15, 0.2) is 127 Å². The molecule has 2 N–H and O–H groups in total. The largest absolute Gasteiger partial charge is 0.492 e. The number of benzene rings is 4. The zero-order valence-corrected chi connectivity index (χ0v) is 25.5. The van der Waals surface area contributed by atoms with Crippen LogP contribution >= 0.6 is 11.3 Å².